The standard InChI is InChI=1S/C21H36NO5P/c1-2-3-4-5-6-7-8-17-9-10-19-14-20(12-11-18(19)13-17)21(22,15-23)16-27-28(24,25)26/h9-10,13,20,23H,2-8,11-12,14-16,22H2,1H3,(H2,24,25,26)/t20-,21+/m0/s1. The number of phosphoric ester groups is 1. The summed E-state index contributed by atoms with van der Waals surface area (Å²) in [6.07, 6.45) is 11.2. The molecule has 28 heavy (non-hydrogen) atoms. The van der Waals surface area contributed by atoms with Crippen molar-refractivity contribution in [2.45, 2.75) is 76.7 Å². The molecule has 5 N–H and O–H groups in total. The Morgan fingerprint density at radius 1 is 1.18 bits per heavy atom. The van der Waals surface area contributed by atoms with E-state index in [1.165, 1.54) is 55.2 Å². The molecule has 0 fully saturated rings. The third-order valence-electron chi connectivity index (χ3n) is 5.93. The molecule has 0 saturated heterocycles. The number of rotatable bonds is 12. The van der Waals surface area contributed by atoms with Crippen LogP contribution in [0.15, 0.2) is 18.2 Å². The van der Waals surface area contributed by atoms with E-state index in [2.05, 4.69) is 29.6 Å². The zero-order chi connectivity index (χ0) is 20.6. The maximum absolute atomic E-state index is 11.0. The molecule has 0 aliphatic heterocycles. The number of nitrogens with two attached hydrogens (primary N) is 1. The predicted octanol–water partition coefficient (Wildman–Crippen LogP) is 3.49. The Kier molecular flexibility index (Phi) is 9.13. The van der Waals surface area contributed by atoms with Gasteiger partial charge in [-0.3, -0.25) is 4.52 Å². The second-order valence-corrected chi connectivity index (χ2v) is 9.46. The molecule has 0 saturated carbocycles. The van der Waals surface area contributed by atoms with Gasteiger partial charge in [0.1, 0.15) is 0 Å². The van der Waals surface area contributed by atoms with Crippen LogP contribution in [0.1, 0.15) is 68.6 Å². The van der Waals surface area contributed by atoms with Gasteiger partial charge in [0.2, 0.25) is 0 Å². The summed E-state index contributed by atoms with van der Waals surface area (Å²) in [7, 11) is -4.61. The van der Waals surface area contributed by atoms with Crippen LogP contribution < -0.4 is 5.73 Å². The molecule has 0 bridgehead atoms. The second kappa shape index (κ2) is 10.9. The smallest absolute Gasteiger partial charge is 0.394 e. The number of unbranched alkanes of at least 4 members (excludes halogenated alkanes) is 5. The van der Waals surface area contributed by atoms with Crippen LogP contribution in [0.3, 0.4) is 0 Å². The van der Waals surface area contributed by atoms with Crippen molar-refractivity contribution in [1.29, 1.82) is 0 Å². The fourth-order valence-electron chi connectivity index (χ4n) is 4.06. The number of fused-ring (bicyclic) bond motifs is 1. The summed E-state index contributed by atoms with van der Waals surface area (Å²) in [5, 5.41) is 9.74. The van der Waals surface area contributed by atoms with Gasteiger partial charge >= 0.3 is 7.82 Å². The zero-order valence-electron chi connectivity index (χ0n) is 17.0. The van der Waals surface area contributed by atoms with Crippen molar-refractivity contribution in [3.63, 3.8) is 0 Å². The Morgan fingerprint density at radius 2 is 1.89 bits per heavy atom. The van der Waals surface area contributed by atoms with E-state index in [9.17, 15) is 9.67 Å². The average Bonchev–Trinajstić information content (AvgIpc) is 2.67. The van der Waals surface area contributed by atoms with E-state index in [1.54, 1.807) is 0 Å². The monoisotopic (exact) mass is 413 g/mol. The van der Waals surface area contributed by atoms with E-state index in [-0.39, 0.29) is 19.1 Å². The Hall–Kier alpha value is -0.750. The van der Waals surface area contributed by atoms with E-state index in [1.807, 2.05) is 0 Å². The zero-order valence-corrected chi connectivity index (χ0v) is 17.9. The van der Waals surface area contributed by atoms with Gasteiger partial charge < -0.3 is 20.6 Å². The van der Waals surface area contributed by atoms with Crippen molar-refractivity contribution >= 4 is 7.82 Å². The fraction of sp³-hybridized carbons (Fsp3) is 0.714. The van der Waals surface area contributed by atoms with Crippen molar-refractivity contribution in [3.05, 3.63) is 34.9 Å². The first-order valence-electron chi connectivity index (χ1n) is 10.5. The number of hydrogen-bond acceptors (Lipinski definition) is 4. The van der Waals surface area contributed by atoms with Crippen LogP contribution in [0.4, 0.5) is 0 Å². The van der Waals surface area contributed by atoms with Gasteiger partial charge in [-0.15, -0.1) is 0 Å². The van der Waals surface area contributed by atoms with Gasteiger partial charge in [-0.1, -0.05) is 57.2 Å². The van der Waals surface area contributed by atoms with E-state index in [0.29, 0.717) is 6.42 Å². The van der Waals surface area contributed by atoms with Gasteiger partial charge in [-0.05, 0) is 54.7 Å². The minimum absolute atomic E-state index is 0.0824. The number of phosphoric acid groups is 1. The Bertz CT molecular complexity index is 662. The maximum atomic E-state index is 11.0. The van der Waals surface area contributed by atoms with Crippen LogP contribution in [-0.2, 0) is 28.4 Å². The summed E-state index contributed by atoms with van der Waals surface area (Å²) in [6.45, 7) is 1.50. The van der Waals surface area contributed by atoms with E-state index < -0.39 is 13.4 Å². The molecular weight excluding hydrogens is 377 g/mol. The van der Waals surface area contributed by atoms with Crippen molar-refractivity contribution in [2.75, 3.05) is 13.2 Å². The van der Waals surface area contributed by atoms with Crippen molar-refractivity contribution in [2.24, 2.45) is 11.7 Å². The van der Waals surface area contributed by atoms with Crippen LogP contribution in [0.25, 0.3) is 0 Å². The van der Waals surface area contributed by atoms with Gasteiger partial charge in [0.25, 0.3) is 0 Å². The molecule has 1 aromatic rings. The number of aliphatic hydroxyl groups is 1. The molecule has 0 unspecified atom stereocenters. The topological polar surface area (TPSA) is 113 Å². The molecule has 0 heterocycles. The molecule has 2 atom stereocenters. The molecule has 7 heteroatoms. The van der Waals surface area contributed by atoms with Gasteiger partial charge in [0.05, 0.1) is 18.8 Å². The minimum atomic E-state index is -4.61. The third-order valence-corrected chi connectivity index (χ3v) is 6.39. The van der Waals surface area contributed by atoms with Gasteiger partial charge in [-0.25, -0.2) is 4.57 Å². The Morgan fingerprint density at radius 3 is 2.57 bits per heavy atom. The van der Waals surface area contributed by atoms with Crippen molar-refractivity contribution in [3.8, 4) is 0 Å². The van der Waals surface area contributed by atoms with Gasteiger partial charge in [-0.2, -0.15) is 0 Å². The number of benzene rings is 1. The van der Waals surface area contributed by atoms with Crippen LogP contribution in [0.2, 0.25) is 0 Å². The highest BCUT2D eigenvalue weighted by atomic mass is 31.2. The Balaban J connectivity index is 1.91. The molecular formula is C21H36NO5P. The molecule has 1 aliphatic carbocycles. The summed E-state index contributed by atoms with van der Waals surface area (Å²) in [5.74, 6) is -0.0824. The first-order valence-corrected chi connectivity index (χ1v) is 12.0. The molecule has 0 radical (unpaired) electrons. The fourth-order valence-corrected chi connectivity index (χ4v) is 4.47. The molecule has 1 aliphatic rings. The average molecular weight is 413 g/mol. The second-order valence-electron chi connectivity index (χ2n) is 8.22. The van der Waals surface area contributed by atoms with Crippen LogP contribution in [0, 0.1) is 5.92 Å². The van der Waals surface area contributed by atoms with Crippen molar-refractivity contribution in [1.82, 2.24) is 0 Å². The van der Waals surface area contributed by atoms with E-state index in [0.717, 1.165) is 19.3 Å². The largest absolute Gasteiger partial charge is 0.469 e. The lowest BCUT2D eigenvalue weighted by atomic mass is 9.73. The molecule has 0 spiro atoms. The minimum Gasteiger partial charge on any atom is -0.394 e. The summed E-state index contributed by atoms with van der Waals surface area (Å²) < 4.78 is 15.6. The van der Waals surface area contributed by atoms with E-state index in [4.69, 9.17) is 15.5 Å². The predicted molar refractivity (Wildman–Crippen MR) is 111 cm³/mol. The first kappa shape index (κ1) is 23.5. The molecule has 6 nitrogen and oxygen atoms in total. The molecule has 2 rings (SSSR count). The number of aryl methyl sites for hydroxylation is 2. The lowest BCUT2D eigenvalue weighted by Crippen LogP contribution is -2.55. The summed E-state index contributed by atoms with van der Waals surface area (Å²) in [6, 6.07) is 6.62. The summed E-state index contributed by atoms with van der Waals surface area (Å²) in [4.78, 5) is 17.9. The van der Waals surface area contributed by atoms with Crippen LogP contribution >= 0.6 is 7.82 Å². The highest BCUT2D eigenvalue weighted by Crippen LogP contribution is 2.39. The summed E-state index contributed by atoms with van der Waals surface area (Å²) >= 11 is 0. The van der Waals surface area contributed by atoms with Gasteiger partial charge in [0, 0.05) is 0 Å². The van der Waals surface area contributed by atoms with Crippen LogP contribution in [0.5, 0.6) is 0 Å². The quantitative estimate of drug-likeness (QED) is 0.308. The molecule has 0 amide bonds. The van der Waals surface area contributed by atoms with Gasteiger partial charge in [0.15, 0.2) is 0 Å². The number of hydrogen-bond donors (Lipinski definition) is 4. The highest BCUT2D eigenvalue weighted by molar-refractivity contribution is 7.46. The Labute approximate surface area is 168 Å². The van der Waals surface area contributed by atoms with E-state index >= 15 is 0 Å². The maximum Gasteiger partial charge on any atom is 0.469 e. The first-order chi connectivity index (χ1) is 13.3. The number of aliphatic hydroxyl groups excluding tert-OH is 1. The van der Waals surface area contributed by atoms with Crippen molar-refractivity contribution < 1.29 is 24.0 Å². The molecule has 1 aromatic carbocycles. The molecule has 0 aromatic heterocycles. The summed E-state index contributed by atoms with van der Waals surface area (Å²) in [5.41, 5.74) is 9.02. The lowest BCUT2D eigenvalue weighted by Gasteiger charge is -2.38. The molecule has 160 valence electrons. The lowest BCUT2D eigenvalue weighted by molar-refractivity contribution is 0.0635. The third kappa shape index (κ3) is 7.25. The normalized spacial score (nSPS) is 19.2. The highest BCUT2D eigenvalue weighted by Gasteiger charge is 2.38. The SMILES string of the molecule is CCCCCCCCc1ccc2c(c1)CC[C@H]([C@@](N)(CO)COP(=O)(O)O)C2. The van der Waals surface area contributed by atoms with Crippen LogP contribution in [-0.4, -0.2) is 33.6 Å².